The van der Waals surface area contributed by atoms with Gasteiger partial charge in [-0.1, -0.05) is 36.4 Å². The van der Waals surface area contributed by atoms with Gasteiger partial charge in [-0.3, -0.25) is 0 Å². The van der Waals surface area contributed by atoms with Crippen LogP contribution in [0.15, 0.2) is 48.6 Å². The van der Waals surface area contributed by atoms with Crippen molar-refractivity contribution in [2.24, 2.45) is 0 Å². The fourth-order valence-electron chi connectivity index (χ4n) is 5.31. The summed E-state index contributed by atoms with van der Waals surface area (Å²) >= 11 is 4.76. The van der Waals surface area contributed by atoms with Crippen LogP contribution in [-0.4, -0.2) is 22.4 Å². The molecule has 6 atom stereocenters. The molecular weight excluding hydrogens is 550 g/mol. The normalized spacial score (nSPS) is 34.5. The third-order valence-corrected chi connectivity index (χ3v) is 8.36. The van der Waals surface area contributed by atoms with E-state index in [4.69, 9.17) is 0 Å². The molecule has 0 aromatic heterocycles. The number of halogens is 2. The van der Waals surface area contributed by atoms with Crippen molar-refractivity contribution in [1.82, 2.24) is 0 Å². The minimum atomic E-state index is -0.552. The summed E-state index contributed by atoms with van der Waals surface area (Å²) in [7, 11) is 0. The van der Waals surface area contributed by atoms with Crippen LogP contribution in [-0.2, 0) is 0 Å². The molecule has 0 amide bonds. The van der Waals surface area contributed by atoms with Gasteiger partial charge in [0.05, 0.1) is 12.2 Å². The Labute approximate surface area is 181 Å². The van der Waals surface area contributed by atoms with E-state index in [-0.39, 0.29) is 11.8 Å². The van der Waals surface area contributed by atoms with Crippen molar-refractivity contribution in [3.8, 4) is 0 Å². The second-order valence-corrected chi connectivity index (χ2v) is 10.1. The first-order valence-corrected chi connectivity index (χ1v) is 11.3. The Hall–Kier alpha value is -0.440. The van der Waals surface area contributed by atoms with Crippen molar-refractivity contribution in [2.45, 2.75) is 48.7 Å². The molecule has 0 spiro atoms. The van der Waals surface area contributed by atoms with Crippen molar-refractivity contribution < 1.29 is 10.2 Å². The molecule has 26 heavy (non-hydrogen) atoms. The zero-order valence-corrected chi connectivity index (χ0v) is 18.5. The predicted molar refractivity (Wildman–Crippen MR) is 120 cm³/mol. The maximum absolute atomic E-state index is 9.81. The molecule has 0 heterocycles. The van der Waals surface area contributed by atoms with E-state index in [1.807, 2.05) is 6.07 Å². The van der Waals surface area contributed by atoms with E-state index in [1.54, 1.807) is 11.1 Å². The lowest BCUT2D eigenvalue weighted by Crippen LogP contribution is -2.31. The van der Waals surface area contributed by atoms with Crippen molar-refractivity contribution in [3.63, 3.8) is 0 Å². The minimum Gasteiger partial charge on any atom is -0.390 e. The average molecular weight is 570 g/mol. The number of aliphatic hydroxyl groups excluding tert-OH is 2. The van der Waals surface area contributed by atoms with Crippen molar-refractivity contribution in [3.05, 3.63) is 77.9 Å². The molecule has 2 nitrogen and oxygen atoms in total. The quantitative estimate of drug-likeness (QED) is 0.345. The van der Waals surface area contributed by atoms with Gasteiger partial charge in [0.15, 0.2) is 0 Å². The van der Waals surface area contributed by atoms with Crippen LogP contribution in [0.5, 0.6) is 0 Å². The van der Waals surface area contributed by atoms with E-state index in [1.165, 1.54) is 24.7 Å². The number of fused-ring (bicyclic) bond motifs is 10. The Morgan fingerprint density at radius 1 is 0.692 bits per heavy atom. The van der Waals surface area contributed by atoms with Gasteiger partial charge in [0.25, 0.3) is 0 Å². The highest BCUT2D eigenvalue weighted by Crippen LogP contribution is 2.54. The van der Waals surface area contributed by atoms with E-state index < -0.39 is 12.2 Å². The largest absolute Gasteiger partial charge is 0.390 e. The van der Waals surface area contributed by atoms with Gasteiger partial charge >= 0.3 is 0 Å². The van der Waals surface area contributed by atoms with Crippen LogP contribution in [0, 0.1) is 7.14 Å². The smallest absolute Gasteiger partial charge is 0.0874 e. The second-order valence-electron chi connectivity index (χ2n) is 7.75. The number of allylic oxidation sites excluding steroid dienone is 2. The van der Waals surface area contributed by atoms with Gasteiger partial charge in [0.2, 0.25) is 0 Å². The molecule has 0 aliphatic heterocycles. The van der Waals surface area contributed by atoms with Gasteiger partial charge in [0, 0.05) is 30.8 Å². The molecule has 1 saturated carbocycles. The van der Waals surface area contributed by atoms with Gasteiger partial charge in [-0.25, -0.2) is 0 Å². The summed E-state index contributed by atoms with van der Waals surface area (Å²) in [5.41, 5.74) is 5.70. The number of hydrogen-bond donors (Lipinski definition) is 2. The van der Waals surface area contributed by atoms with Crippen LogP contribution in [0.25, 0.3) is 0 Å². The first-order chi connectivity index (χ1) is 12.6. The summed E-state index contributed by atoms with van der Waals surface area (Å²) in [5.74, 6) is 1.80. The Morgan fingerprint density at radius 3 is 2.04 bits per heavy atom. The van der Waals surface area contributed by atoms with Crippen LogP contribution in [0.4, 0.5) is 0 Å². The Kier molecular flexibility index (Phi) is 4.46. The fraction of sp³-hybridized carbons (Fsp3) is 0.364. The van der Waals surface area contributed by atoms with Gasteiger partial charge in [0.1, 0.15) is 0 Å². The van der Waals surface area contributed by atoms with E-state index in [0.29, 0.717) is 0 Å². The summed E-state index contributed by atoms with van der Waals surface area (Å²) in [4.78, 5) is 0. The molecule has 0 saturated heterocycles. The summed E-state index contributed by atoms with van der Waals surface area (Å²) < 4.78 is 2.67. The lowest BCUT2D eigenvalue weighted by atomic mass is 9.88. The number of rotatable bonds is 0. The standard InChI is InChI=1S/C11H11IO2.C11H9I/c12-8-3-1-2-5-6-4-7(9(5)8)11(14)10(6)13;12-10-3-1-2-9-7-4-5-8(6-7)11(9)10/h1-3,6-7,10-11,13-14H,4H2;1-5,7-8H,6H2. The van der Waals surface area contributed by atoms with Crippen molar-refractivity contribution in [1.29, 1.82) is 0 Å². The van der Waals surface area contributed by atoms with Crippen LogP contribution in [0.1, 0.15) is 58.8 Å². The lowest BCUT2D eigenvalue weighted by molar-refractivity contribution is 0.0215. The summed E-state index contributed by atoms with van der Waals surface area (Å²) in [6.07, 6.45) is 5.87. The SMILES string of the molecule is Ic1cccc2c1C1C=CC2C1.OC1C2CC(c3c(I)cccc32)C1O. The highest BCUT2D eigenvalue weighted by atomic mass is 127. The highest BCUT2D eigenvalue weighted by Gasteiger charge is 2.50. The van der Waals surface area contributed by atoms with Gasteiger partial charge in [-0.15, -0.1) is 0 Å². The first kappa shape index (κ1) is 17.6. The summed E-state index contributed by atoms with van der Waals surface area (Å²) in [6, 6.07) is 12.9. The first-order valence-electron chi connectivity index (χ1n) is 9.17. The van der Waals surface area contributed by atoms with Crippen LogP contribution in [0.3, 0.4) is 0 Å². The Morgan fingerprint density at radius 2 is 1.31 bits per heavy atom. The third-order valence-electron chi connectivity index (χ3n) is 6.48. The zero-order valence-electron chi connectivity index (χ0n) is 14.1. The van der Waals surface area contributed by atoms with E-state index >= 15 is 0 Å². The molecule has 6 rings (SSSR count). The number of hydrogen-bond acceptors (Lipinski definition) is 2. The monoisotopic (exact) mass is 570 g/mol. The molecule has 2 aromatic rings. The third kappa shape index (κ3) is 2.55. The van der Waals surface area contributed by atoms with E-state index in [9.17, 15) is 10.2 Å². The maximum Gasteiger partial charge on any atom is 0.0874 e. The maximum atomic E-state index is 9.81. The molecule has 4 heteroatoms. The molecule has 0 radical (unpaired) electrons. The molecular formula is C22H20I2O2. The van der Waals surface area contributed by atoms with E-state index in [0.717, 1.165) is 18.3 Å². The Balaban J connectivity index is 0.000000117. The Bertz CT molecular complexity index is 907. The molecule has 6 unspecified atom stereocenters. The number of benzene rings is 2. The van der Waals surface area contributed by atoms with Crippen LogP contribution >= 0.6 is 45.2 Å². The molecule has 4 aliphatic rings. The molecule has 2 aromatic carbocycles. The van der Waals surface area contributed by atoms with Gasteiger partial charge in [-0.2, -0.15) is 0 Å². The highest BCUT2D eigenvalue weighted by molar-refractivity contribution is 14.1. The molecule has 2 N–H and O–H groups in total. The van der Waals surface area contributed by atoms with Crippen molar-refractivity contribution in [2.75, 3.05) is 0 Å². The minimum absolute atomic E-state index is 0.165. The van der Waals surface area contributed by atoms with Crippen molar-refractivity contribution >= 4 is 45.2 Å². The fourth-order valence-corrected chi connectivity index (χ4v) is 7.15. The molecule has 134 valence electrons. The summed E-state index contributed by atoms with van der Waals surface area (Å²) in [5, 5.41) is 19.6. The summed E-state index contributed by atoms with van der Waals surface area (Å²) in [6.45, 7) is 0. The second kappa shape index (κ2) is 6.57. The average Bonchev–Trinajstić information content (AvgIpc) is 3.38. The number of aliphatic hydroxyl groups is 2. The van der Waals surface area contributed by atoms with E-state index in [2.05, 4.69) is 87.7 Å². The molecule has 4 bridgehead atoms. The van der Waals surface area contributed by atoms with Gasteiger partial charge in [-0.05, 0) is 92.4 Å². The lowest BCUT2D eigenvalue weighted by Gasteiger charge is -2.26. The van der Waals surface area contributed by atoms with Crippen LogP contribution in [0.2, 0.25) is 0 Å². The van der Waals surface area contributed by atoms with Gasteiger partial charge < -0.3 is 10.2 Å². The zero-order chi connectivity index (χ0) is 18.0. The van der Waals surface area contributed by atoms with Crippen LogP contribution < -0.4 is 0 Å². The topological polar surface area (TPSA) is 40.5 Å². The molecule has 1 fully saturated rings. The molecule has 4 aliphatic carbocycles. The predicted octanol–water partition coefficient (Wildman–Crippen LogP) is 5.03.